The molecule has 2 heterocycles. The molecular formula is C35H50N6O3Si. The molecule has 0 saturated heterocycles. The Morgan fingerprint density at radius 3 is 2.31 bits per heavy atom. The average molecular weight is 631 g/mol. The van der Waals surface area contributed by atoms with Gasteiger partial charge in [0.25, 0.3) is 5.56 Å². The minimum atomic E-state index is -2.04. The number of likely N-dealkylation sites (N-methyl/N-ethyl adjacent to an activating group) is 1. The van der Waals surface area contributed by atoms with E-state index < -0.39 is 8.07 Å². The molecule has 3 aromatic rings. The number of methoxy groups -OCH3 is 1. The van der Waals surface area contributed by atoms with E-state index in [2.05, 4.69) is 68.6 Å². The molecule has 0 atom stereocenters. The summed E-state index contributed by atoms with van der Waals surface area (Å²) >= 11 is 0. The monoisotopic (exact) mass is 630 g/mol. The molecule has 9 nitrogen and oxygen atoms in total. The first kappa shape index (κ1) is 34.2. The van der Waals surface area contributed by atoms with Crippen LogP contribution in [0.3, 0.4) is 0 Å². The third-order valence-electron chi connectivity index (χ3n) is 9.31. The molecule has 0 unspecified atom stereocenters. The van der Waals surface area contributed by atoms with Crippen LogP contribution in [-0.2, 0) is 4.79 Å². The normalized spacial score (nSPS) is 17.1. The van der Waals surface area contributed by atoms with E-state index in [0.717, 1.165) is 36.8 Å². The zero-order valence-corrected chi connectivity index (χ0v) is 29.4. The maximum Gasteiger partial charge on any atom is 0.253 e. The van der Waals surface area contributed by atoms with Gasteiger partial charge in [0.05, 0.1) is 24.7 Å². The summed E-state index contributed by atoms with van der Waals surface area (Å²) in [5, 5.41) is 7.22. The van der Waals surface area contributed by atoms with E-state index >= 15 is 0 Å². The number of anilines is 2. The molecule has 0 radical (unpaired) electrons. The van der Waals surface area contributed by atoms with Crippen molar-refractivity contribution in [1.29, 1.82) is 0 Å². The predicted molar refractivity (Wildman–Crippen MR) is 186 cm³/mol. The van der Waals surface area contributed by atoms with Gasteiger partial charge in [-0.3, -0.25) is 14.2 Å². The number of carbonyl (C=O) groups excluding carboxylic acids is 1. The van der Waals surface area contributed by atoms with Crippen LogP contribution in [0.15, 0.2) is 41.3 Å². The van der Waals surface area contributed by atoms with Crippen LogP contribution in [0.1, 0.15) is 78.8 Å². The van der Waals surface area contributed by atoms with E-state index in [1.54, 1.807) is 19.4 Å². The van der Waals surface area contributed by atoms with Gasteiger partial charge in [0, 0.05) is 29.9 Å². The Kier molecular flexibility index (Phi) is 11.1. The highest BCUT2D eigenvalue weighted by molar-refractivity contribution is 6.90. The molecule has 45 heavy (non-hydrogen) atoms. The Bertz CT molecular complexity index is 1590. The number of carbonyl (C=O) groups is 1. The number of nitrogens with zero attached hydrogens (tertiary/aromatic N) is 4. The molecule has 1 aliphatic rings. The molecule has 1 fully saturated rings. The fourth-order valence-electron chi connectivity index (χ4n) is 7.15. The number of para-hydroxylation sites is 2. The van der Waals surface area contributed by atoms with Crippen molar-refractivity contribution in [2.75, 3.05) is 33.1 Å². The van der Waals surface area contributed by atoms with E-state index in [4.69, 9.17) is 9.72 Å². The summed E-state index contributed by atoms with van der Waals surface area (Å²) in [6, 6.07) is 9.32. The zero-order valence-electron chi connectivity index (χ0n) is 28.4. The number of amides is 1. The quantitative estimate of drug-likeness (QED) is 0.201. The second-order valence-electron chi connectivity index (χ2n) is 13.5. The van der Waals surface area contributed by atoms with Crippen molar-refractivity contribution in [3.05, 3.63) is 52.4 Å². The van der Waals surface area contributed by atoms with Gasteiger partial charge in [-0.15, -0.1) is 5.54 Å². The van der Waals surface area contributed by atoms with E-state index in [9.17, 15) is 9.59 Å². The van der Waals surface area contributed by atoms with Gasteiger partial charge in [-0.1, -0.05) is 59.6 Å². The third-order valence-corrected chi connectivity index (χ3v) is 15.6. The lowest BCUT2D eigenvalue weighted by Crippen LogP contribution is -2.43. The summed E-state index contributed by atoms with van der Waals surface area (Å²) in [5.41, 5.74) is 7.07. The highest BCUT2D eigenvalue weighted by Crippen LogP contribution is 2.41. The minimum Gasteiger partial charge on any atom is -0.495 e. The molecule has 0 spiro atoms. The average Bonchev–Trinajstić information content (AvgIpc) is 2.97. The number of ether oxygens (including phenoxy) is 1. The summed E-state index contributed by atoms with van der Waals surface area (Å²) in [7, 11) is 3.36. The van der Waals surface area contributed by atoms with E-state index in [-0.39, 0.29) is 23.6 Å². The highest BCUT2D eigenvalue weighted by atomic mass is 28.3. The van der Waals surface area contributed by atoms with Gasteiger partial charge in [-0.25, -0.2) is 4.98 Å². The van der Waals surface area contributed by atoms with Crippen LogP contribution in [-0.4, -0.2) is 67.2 Å². The first-order chi connectivity index (χ1) is 21.4. The van der Waals surface area contributed by atoms with Gasteiger partial charge >= 0.3 is 0 Å². The molecular weight excluding hydrogens is 581 g/mol. The van der Waals surface area contributed by atoms with Crippen molar-refractivity contribution in [1.82, 2.24) is 24.8 Å². The van der Waals surface area contributed by atoms with Crippen LogP contribution in [0.25, 0.3) is 11.0 Å². The Labute approximate surface area is 269 Å². The van der Waals surface area contributed by atoms with Crippen molar-refractivity contribution in [3.63, 3.8) is 0 Å². The lowest BCUT2D eigenvalue weighted by molar-refractivity contribution is -0.122. The number of pyridine rings is 1. The number of hydrogen-bond donors (Lipinski definition) is 2. The molecule has 0 bridgehead atoms. The lowest BCUT2D eigenvalue weighted by Gasteiger charge is -2.38. The van der Waals surface area contributed by atoms with Gasteiger partial charge in [0.15, 0.2) is 0 Å². The SMILES string of the molecule is COc1ccccc1Nc1ncc2c(C#C[Si](C(C)C)(C(C)C)C(C)C)cc(=O)n(C3CCC(NC(=O)CN(C)C)CC3)c2n1. The van der Waals surface area contributed by atoms with Gasteiger partial charge in [0.2, 0.25) is 11.9 Å². The standard InChI is InChI=1S/C35H50N6O3Si/c1-23(2)45(24(3)4,25(5)6)19-18-26-20-33(43)41(28-16-14-27(15-17-28)37-32(42)22-40(7)8)34-29(26)21-36-35(39-34)38-30-12-10-11-13-31(30)44-9/h10-13,20-21,23-25,27-28H,14-17,22H2,1-9H3,(H,37,42)(H,36,38,39). The molecule has 2 N–H and O–H groups in total. The highest BCUT2D eigenvalue weighted by Gasteiger charge is 2.41. The fourth-order valence-corrected chi connectivity index (χ4v) is 12.4. The molecule has 2 aromatic heterocycles. The Morgan fingerprint density at radius 1 is 1.07 bits per heavy atom. The molecule has 10 heteroatoms. The zero-order chi connectivity index (χ0) is 32.9. The maximum atomic E-state index is 14.0. The summed E-state index contributed by atoms with van der Waals surface area (Å²) in [6.07, 6.45) is 4.90. The molecule has 242 valence electrons. The summed E-state index contributed by atoms with van der Waals surface area (Å²) in [4.78, 5) is 37.8. The van der Waals surface area contributed by atoms with Crippen LogP contribution in [0.5, 0.6) is 5.75 Å². The number of aromatic nitrogens is 3. The van der Waals surface area contributed by atoms with E-state index in [1.165, 1.54) is 0 Å². The Hall–Kier alpha value is -3.68. The molecule has 4 rings (SSSR count). The predicted octanol–water partition coefficient (Wildman–Crippen LogP) is 6.27. The van der Waals surface area contributed by atoms with Crippen LogP contribution >= 0.6 is 0 Å². The fraction of sp³-hybridized carbons (Fsp3) is 0.543. The van der Waals surface area contributed by atoms with Crippen molar-refractivity contribution in [2.24, 2.45) is 0 Å². The largest absolute Gasteiger partial charge is 0.495 e. The Morgan fingerprint density at radius 2 is 1.71 bits per heavy atom. The maximum absolute atomic E-state index is 14.0. The van der Waals surface area contributed by atoms with Crippen LogP contribution in [0.4, 0.5) is 11.6 Å². The molecule has 1 saturated carbocycles. The number of fused-ring (bicyclic) bond motifs is 1. The smallest absolute Gasteiger partial charge is 0.253 e. The first-order valence-corrected chi connectivity index (χ1v) is 18.4. The number of benzene rings is 1. The van der Waals surface area contributed by atoms with Gasteiger partial charge in [0.1, 0.15) is 19.5 Å². The van der Waals surface area contributed by atoms with Crippen molar-refractivity contribution >= 4 is 36.7 Å². The second kappa shape index (κ2) is 14.6. The van der Waals surface area contributed by atoms with Gasteiger partial charge in [-0.2, -0.15) is 4.98 Å². The van der Waals surface area contributed by atoms with Gasteiger partial charge < -0.3 is 20.3 Å². The minimum absolute atomic E-state index is 0.0256. The van der Waals surface area contributed by atoms with Crippen LogP contribution in [0.2, 0.25) is 16.6 Å². The van der Waals surface area contributed by atoms with E-state index in [1.807, 2.05) is 47.8 Å². The molecule has 1 aromatic carbocycles. The van der Waals surface area contributed by atoms with Crippen molar-refractivity contribution in [3.8, 4) is 17.2 Å². The Balaban J connectivity index is 1.79. The topological polar surface area (TPSA) is 101 Å². The first-order valence-electron chi connectivity index (χ1n) is 16.2. The number of nitrogens with one attached hydrogen (secondary N) is 2. The molecule has 1 aliphatic carbocycles. The summed E-state index contributed by atoms with van der Waals surface area (Å²) in [5.74, 6) is 4.58. The number of hydrogen-bond acceptors (Lipinski definition) is 7. The van der Waals surface area contributed by atoms with E-state index in [0.29, 0.717) is 46.1 Å². The van der Waals surface area contributed by atoms with Gasteiger partial charge in [-0.05, 0) is 68.5 Å². The van der Waals surface area contributed by atoms with Crippen molar-refractivity contribution < 1.29 is 9.53 Å². The van der Waals surface area contributed by atoms with Crippen molar-refractivity contribution in [2.45, 2.75) is 95.9 Å². The lowest BCUT2D eigenvalue weighted by atomic mass is 9.90. The van der Waals surface area contributed by atoms with Crippen LogP contribution in [0, 0.1) is 11.5 Å². The summed E-state index contributed by atoms with van der Waals surface area (Å²) < 4.78 is 7.35. The molecule has 1 amide bonds. The second-order valence-corrected chi connectivity index (χ2v) is 19.1. The third kappa shape index (κ3) is 7.59. The molecule has 0 aliphatic heterocycles. The summed E-state index contributed by atoms with van der Waals surface area (Å²) in [6.45, 7) is 14.1. The number of rotatable bonds is 10. The van der Waals surface area contributed by atoms with Crippen LogP contribution < -0.4 is 20.9 Å².